The Hall–Kier alpha value is -0.0400. The number of hydrogen-bond acceptors (Lipinski definition) is 1. The molecule has 0 saturated carbocycles. The molecule has 74 valence electrons. The molecule has 0 aromatic rings. The van der Waals surface area contributed by atoms with Crippen molar-refractivity contribution >= 4 is 0 Å². The summed E-state index contributed by atoms with van der Waals surface area (Å²) < 4.78 is 0. The Morgan fingerprint density at radius 2 is 1.83 bits per heavy atom. The van der Waals surface area contributed by atoms with E-state index in [1.54, 1.807) is 0 Å². The topological polar surface area (TPSA) is 12.0 Å². The average molecular weight is 171 g/mol. The first-order valence-electron chi connectivity index (χ1n) is 5.47. The Morgan fingerprint density at radius 1 is 1.17 bits per heavy atom. The van der Waals surface area contributed by atoms with Gasteiger partial charge in [-0.2, -0.15) is 0 Å². The quantitative estimate of drug-likeness (QED) is 0.639. The Bertz CT molecular complexity index is 91.2. The van der Waals surface area contributed by atoms with E-state index in [1.807, 2.05) is 13.8 Å². The van der Waals surface area contributed by atoms with E-state index >= 15 is 0 Å². The highest BCUT2D eigenvalue weighted by molar-refractivity contribution is 4.76. The normalized spacial score (nSPS) is 30.0. The molecule has 1 unspecified atom stereocenters. The Kier molecular flexibility index (Phi) is 6.45. The van der Waals surface area contributed by atoms with Crippen LogP contribution in [0.5, 0.6) is 0 Å². The third-order valence-electron chi connectivity index (χ3n) is 2.89. The van der Waals surface area contributed by atoms with E-state index in [0.717, 1.165) is 0 Å². The molecule has 0 bridgehead atoms. The lowest BCUT2D eigenvalue weighted by Gasteiger charge is -2.25. The molecule has 0 aliphatic carbocycles. The molecule has 1 heterocycles. The van der Waals surface area contributed by atoms with Crippen LogP contribution in [0.4, 0.5) is 0 Å². The molecule has 1 aliphatic heterocycles. The lowest BCUT2D eigenvalue weighted by Crippen LogP contribution is -2.18. The van der Waals surface area contributed by atoms with Crippen LogP contribution in [0.15, 0.2) is 0 Å². The minimum Gasteiger partial charge on any atom is -0.317 e. The van der Waals surface area contributed by atoms with Gasteiger partial charge < -0.3 is 5.32 Å². The highest BCUT2D eigenvalue weighted by Crippen LogP contribution is 2.31. The largest absolute Gasteiger partial charge is 0.317 e. The molecule has 1 atom stereocenters. The third-order valence-corrected chi connectivity index (χ3v) is 2.89. The van der Waals surface area contributed by atoms with Gasteiger partial charge in [0.05, 0.1) is 0 Å². The Labute approximate surface area is 77.9 Å². The number of hydrogen-bond donors (Lipinski definition) is 1. The van der Waals surface area contributed by atoms with Crippen LogP contribution in [0.3, 0.4) is 0 Å². The van der Waals surface area contributed by atoms with Gasteiger partial charge in [-0.25, -0.2) is 0 Å². The lowest BCUT2D eigenvalue weighted by molar-refractivity contribution is 0.274. The molecule has 1 aliphatic rings. The van der Waals surface area contributed by atoms with Crippen molar-refractivity contribution in [2.45, 2.75) is 53.4 Å². The average Bonchev–Trinajstić information content (AvgIpc) is 2.35. The summed E-state index contributed by atoms with van der Waals surface area (Å²) in [4.78, 5) is 0. The van der Waals surface area contributed by atoms with Gasteiger partial charge in [0.25, 0.3) is 0 Å². The molecule has 1 nitrogen and oxygen atoms in total. The summed E-state index contributed by atoms with van der Waals surface area (Å²) in [7, 11) is 0. The summed E-state index contributed by atoms with van der Waals surface area (Å²) in [6.07, 6.45) is 5.49. The van der Waals surface area contributed by atoms with Gasteiger partial charge in [0, 0.05) is 0 Å². The van der Waals surface area contributed by atoms with E-state index in [2.05, 4.69) is 19.2 Å². The number of rotatable bonds is 1. The van der Waals surface area contributed by atoms with Crippen LogP contribution < -0.4 is 5.32 Å². The summed E-state index contributed by atoms with van der Waals surface area (Å²) in [6.45, 7) is 11.2. The zero-order chi connectivity index (χ0) is 9.45. The SMILES string of the molecule is CC.CCC1(C)CCCNCC1. The summed E-state index contributed by atoms with van der Waals surface area (Å²) in [6, 6.07) is 0. The van der Waals surface area contributed by atoms with Gasteiger partial charge in [0.2, 0.25) is 0 Å². The van der Waals surface area contributed by atoms with Gasteiger partial charge in [-0.1, -0.05) is 34.1 Å². The fraction of sp³-hybridized carbons (Fsp3) is 1.00. The molecule has 1 heteroatoms. The van der Waals surface area contributed by atoms with Crippen LogP contribution in [0.1, 0.15) is 53.4 Å². The fourth-order valence-corrected chi connectivity index (χ4v) is 1.63. The molecule has 0 spiro atoms. The summed E-state index contributed by atoms with van der Waals surface area (Å²) in [5.74, 6) is 0. The maximum atomic E-state index is 3.44. The van der Waals surface area contributed by atoms with Gasteiger partial charge in [-0.3, -0.25) is 0 Å². The molecule has 1 N–H and O–H groups in total. The smallest absolute Gasteiger partial charge is 0.00437 e. The molecular weight excluding hydrogens is 146 g/mol. The zero-order valence-electron chi connectivity index (χ0n) is 9.24. The maximum absolute atomic E-state index is 3.44. The van der Waals surface area contributed by atoms with Crippen LogP contribution in [0, 0.1) is 5.41 Å². The zero-order valence-corrected chi connectivity index (χ0v) is 9.24. The Morgan fingerprint density at radius 3 is 2.42 bits per heavy atom. The van der Waals surface area contributed by atoms with E-state index in [-0.39, 0.29) is 0 Å². The monoisotopic (exact) mass is 171 g/mol. The molecule has 1 rings (SSSR count). The molecule has 1 saturated heterocycles. The van der Waals surface area contributed by atoms with Gasteiger partial charge >= 0.3 is 0 Å². The Balaban J connectivity index is 0.000000561. The fourth-order valence-electron chi connectivity index (χ4n) is 1.63. The molecule has 0 radical (unpaired) electrons. The molecule has 0 amide bonds. The summed E-state index contributed by atoms with van der Waals surface area (Å²) in [5.41, 5.74) is 0.642. The predicted molar refractivity (Wildman–Crippen MR) is 56.5 cm³/mol. The standard InChI is InChI=1S/C9H19N.C2H6/c1-3-9(2)5-4-7-10-8-6-9;1-2/h10H,3-8H2,1-2H3;1-2H3. The van der Waals surface area contributed by atoms with Gasteiger partial charge in [0.15, 0.2) is 0 Å². The first kappa shape index (κ1) is 12.0. The van der Waals surface area contributed by atoms with Crippen LogP contribution in [0.2, 0.25) is 0 Å². The summed E-state index contributed by atoms with van der Waals surface area (Å²) in [5, 5.41) is 3.44. The first-order chi connectivity index (χ1) is 5.77. The van der Waals surface area contributed by atoms with Crippen molar-refractivity contribution in [3.8, 4) is 0 Å². The second-order valence-electron chi connectivity index (χ2n) is 3.77. The summed E-state index contributed by atoms with van der Waals surface area (Å²) >= 11 is 0. The molecule has 12 heavy (non-hydrogen) atoms. The van der Waals surface area contributed by atoms with E-state index in [1.165, 1.54) is 38.8 Å². The van der Waals surface area contributed by atoms with Crippen LogP contribution in [-0.4, -0.2) is 13.1 Å². The van der Waals surface area contributed by atoms with E-state index in [9.17, 15) is 0 Å². The predicted octanol–water partition coefficient (Wildman–Crippen LogP) is 3.20. The molecule has 1 fully saturated rings. The second-order valence-corrected chi connectivity index (χ2v) is 3.77. The molecule has 0 aromatic carbocycles. The van der Waals surface area contributed by atoms with Crippen molar-refractivity contribution in [3.05, 3.63) is 0 Å². The highest BCUT2D eigenvalue weighted by atomic mass is 14.9. The lowest BCUT2D eigenvalue weighted by atomic mass is 9.81. The van der Waals surface area contributed by atoms with E-state index in [0.29, 0.717) is 5.41 Å². The van der Waals surface area contributed by atoms with Crippen molar-refractivity contribution in [3.63, 3.8) is 0 Å². The van der Waals surface area contributed by atoms with Crippen LogP contribution >= 0.6 is 0 Å². The molecule has 0 aromatic heterocycles. The van der Waals surface area contributed by atoms with Crippen LogP contribution in [-0.2, 0) is 0 Å². The van der Waals surface area contributed by atoms with Crippen molar-refractivity contribution in [2.24, 2.45) is 5.41 Å². The first-order valence-corrected chi connectivity index (χ1v) is 5.47. The van der Waals surface area contributed by atoms with Crippen molar-refractivity contribution in [2.75, 3.05) is 13.1 Å². The van der Waals surface area contributed by atoms with Gasteiger partial charge in [-0.15, -0.1) is 0 Å². The van der Waals surface area contributed by atoms with Crippen LogP contribution in [0.25, 0.3) is 0 Å². The third kappa shape index (κ3) is 4.10. The van der Waals surface area contributed by atoms with Gasteiger partial charge in [0.1, 0.15) is 0 Å². The highest BCUT2D eigenvalue weighted by Gasteiger charge is 2.22. The number of nitrogens with one attached hydrogen (secondary N) is 1. The minimum atomic E-state index is 0.642. The van der Waals surface area contributed by atoms with Crippen molar-refractivity contribution in [1.29, 1.82) is 0 Å². The van der Waals surface area contributed by atoms with Gasteiger partial charge in [-0.05, 0) is 37.8 Å². The van der Waals surface area contributed by atoms with Crippen molar-refractivity contribution in [1.82, 2.24) is 5.32 Å². The molecular formula is C11H25N. The second kappa shape index (κ2) is 6.47. The van der Waals surface area contributed by atoms with E-state index < -0.39 is 0 Å². The van der Waals surface area contributed by atoms with E-state index in [4.69, 9.17) is 0 Å². The minimum absolute atomic E-state index is 0.642. The van der Waals surface area contributed by atoms with Crippen molar-refractivity contribution < 1.29 is 0 Å². The maximum Gasteiger partial charge on any atom is -0.00437 e.